The summed E-state index contributed by atoms with van der Waals surface area (Å²) in [5.74, 6) is -1.34. The molecule has 0 saturated carbocycles. The summed E-state index contributed by atoms with van der Waals surface area (Å²) >= 11 is 18.0. The summed E-state index contributed by atoms with van der Waals surface area (Å²) in [7, 11) is 0. The number of piperidine rings is 1. The first-order valence-electron chi connectivity index (χ1n) is 12.9. The molecule has 1 saturated heterocycles. The fourth-order valence-corrected chi connectivity index (χ4v) is 5.96. The van der Waals surface area contributed by atoms with Gasteiger partial charge in [-0.1, -0.05) is 53.0 Å². The van der Waals surface area contributed by atoms with E-state index in [1.54, 1.807) is 24.3 Å². The van der Waals surface area contributed by atoms with Gasteiger partial charge in [0.1, 0.15) is 11.0 Å². The second-order valence-corrected chi connectivity index (χ2v) is 11.4. The van der Waals surface area contributed by atoms with Crippen molar-refractivity contribution in [1.82, 2.24) is 15.2 Å². The minimum absolute atomic E-state index is 0.0805. The molecule has 3 heterocycles. The highest BCUT2D eigenvalue weighted by Crippen LogP contribution is 2.49. The van der Waals surface area contributed by atoms with Crippen molar-refractivity contribution in [3.05, 3.63) is 98.0 Å². The molecule has 1 spiro atoms. The molecule has 3 aromatic rings. The van der Waals surface area contributed by atoms with Gasteiger partial charge in [0.15, 0.2) is 0 Å². The molecular formula is C29H25Cl3F4N4O. The molecule has 216 valence electrons. The number of nitrogens with one attached hydrogen (secondary N) is 1. The molecule has 12 heteroatoms. The molecule has 0 aliphatic carbocycles. The first-order valence-corrected chi connectivity index (χ1v) is 14.0. The largest absolute Gasteiger partial charge is 0.419 e. The van der Waals surface area contributed by atoms with Crippen LogP contribution >= 0.6 is 34.8 Å². The van der Waals surface area contributed by atoms with Gasteiger partial charge in [0, 0.05) is 31.2 Å². The molecule has 0 bridgehead atoms. The number of fused-ring (bicyclic) bond motifs is 2. The highest BCUT2D eigenvalue weighted by Gasteiger charge is 2.48. The second-order valence-electron chi connectivity index (χ2n) is 10.2. The zero-order valence-electron chi connectivity index (χ0n) is 21.6. The van der Waals surface area contributed by atoms with Gasteiger partial charge in [-0.15, -0.1) is 0 Å². The minimum Gasteiger partial charge on any atom is -0.334 e. The van der Waals surface area contributed by atoms with E-state index in [0.717, 1.165) is 17.7 Å². The normalized spacial score (nSPS) is 16.9. The third-order valence-electron chi connectivity index (χ3n) is 7.62. The molecule has 1 N–H and O–H groups in total. The van der Waals surface area contributed by atoms with E-state index < -0.39 is 29.0 Å². The average Bonchev–Trinajstić information content (AvgIpc) is 3.22. The van der Waals surface area contributed by atoms with Gasteiger partial charge in [-0.25, -0.2) is 14.2 Å². The predicted molar refractivity (Wildman–Crippen MR) is 153 cm³/mol. The number of amides is 2. The Morgan fingerprint density at radius 2 is 1.80 bits per heavy atom. The van der Waals surface area contributed by atoms with Crippen molar-refractivity contribution >= 4 is 52.6 Å². The van der Waals surface area contributed by atoms with E-state index in [0.29, 0.717) is 53.6 Å². The average molecular weight is 628 g/mol. The zero-order valence-corrected chi connectivity index (χ0v) is 23.9. The Morgan fingerprint density at radius 3 is 2.49 bits per heavy atom. The molecule has 1 fully saturated rings. The van der Waals surface area contributed by atoms with E-state index in [9.17, 15) is 22.4 Å². The number of anilines is 1. The van der Waals surface area contributed by atoms with Gasteiger partial charge in [-0.05, 0) is 79.0 Å². The number of halogens is 7. The van der Waals surface area contributed by atoms with Crippen LogP contribution in [0.4, 0.5) is 28.0 Å². The predicted octanol–water partition coefficient (Wildman–Crippen LogP) is 7.98. The van der Waals surface area contributed by atoms with E-state index in [2.05, 4.69) is 15.2 Å². The van der Waals surface area contributed by atoms with Crippen LogP contribution in [-0.2, 0) is 18.1 Å². The maximum Gasteiger partial charge on any atom is 0.419 e. The smallest absolute Gasteiger partial charge is 0.334 e. The molecule has 1 aromatic heterocycles. The van der Waals surface area contributed by atoms with Crippen molar-refractivity contribution in [2.45, 2.75) is 31.0 Å². The lowest BCUT2D eigenvalue weighted by molar-refractivity contribution is -0.139. The Labute approximate surface area is 249 Å². The zero-order chi connectivity index (χ0) is 29.4. The number of pyridine rings is 1. The Hall–Kier alpha value is -2.85. The number of hydrogen-bond acceptors (Lipinski definition) is 3. The fourth-order valence-electron chi connectivity index (χ4n) is 5.45. The Bertz CT molecular complexity index is 1490. The van der Waals surface area contributed by atoms with Crippen molar-refractivity contribution in [3.8, 4) is 0 Å². The molecule has 2 aliphatic heterocycles. The number of hydrogen-bond donors (Lipinski definition) is 1. The van der Waals surface area contributed by atoms with Gasteiger partial charge < -0.3 is 5.32 Å². The second kappa shape index (κ2) is 11.8. The van der Waals surface area contributed by atoms with Crippen LogP contribution in [0, 0.1) is 5.82 Å². The highest BCUT2D eigenvalue weighted by molar-refractivity contribution is 6.42. The number of alkyl halides is 3. The van der Waals surface area contributed by atoms with Gasteiger partial charge in [0.2, 0.25) is 0 Å². The Kier molecular flexibility index (Phi) is 8.53. The number of aromatic nitrogens is 1. The van der Waals surface area contributed by atoms with Gasteiger partial charge in [0.05, 0.1) is 21.3 Å². The van der Waals surface area contributed by atoms with Crippen molar-refractivity contribution in [3.63, 3.8) is 0 Å². The summed E-state index contributed by atoms with van der Waals surface area (Å²) in [6.07, 6.45) is 1.64. The lowest BCUT2D eigenvalue weighted by Gasteiger charge is -2.39. The van der Waals surface area contributed by atoms with Crippen molar-refractivity contribution in [2.75, 3.05) is 31.1 Å². The van der Waals surface area contributed by atoms with Gasteiger partial charge in [-0.2, -0.15) is 13.2 Å². The first-order chi connectivity index (χ1) is 19.4. The SMILES string of the molecule is O=C(NCc1ccnc(Cl)c1)N1CC2(CCN(CC=Cc3ccc(Cl)c(Cl)c3)CC2)c2cc(F)c(C(F)(F)F)cc21. The number of rotatable bonds is 5. The lowest BCUT2D eigenvalue weighted by Crippen LogP contribution is -2.47. The van der Waals surface area contributed by atoms with E-state index in [1.165, 1.54) is 11.1 Å². The summed E-state index contributed by atoms with van der Waals surface area (Å²) < 4.78 is 55.6. The minimum atomic E-state index is -4.89. The summed E-state index contributed by atoms with van der Waals surface area (Å²) in [4.78, 5) is 20.7. The van der Waals surface area contributed by atoms with E-state index in [4.69, 9.17) is 34.8 Å². The summed E-state index contributed by atoms with van der Waals surface area (Å²) in [6, 6.07) is 9.78. The molecule has 41 heavy (non-hydrogen) atoms. The number of likely N-dealkylation sites (tertiary alicyclic amines) is 1. The fraction of sp³-hybridized carbons (Fsp3) is 0.310. The van der Waals surface area contributed by atoms with Crippen LogP contribution < -0.4 is 10.2 Å². The molecule has 2 aromatic carbocycles. The summed E-state index contributed by atoms with van der Waals surface area (Å²) in [5.41, 5.74) is 0.0422. The van der Waals surface area contributed by atoms with Gasteiger partial charge in [-0.3, -0.25) is 9.80 Å². The summed E-state index contributed by atoms with van der Waals surface area (Å²) in [6.45, 7) is 2.14. The number of nitrogens with zero attached hydrogens (tertiary/aromatic N) is 3. The molecule has 5 nitrogen and oxygen atoms in total. The van der Waals surface area contributed by atoms with E-state index in [1.807, 2.05) is 18.2 Å². The van der Waals surface area contributed by atoms with Crippen molar-refractivity contribution in [2.24, 2.45) is 0 Å². The standard InChI is InChI=1S/C29H25Cl3F4N4O/c30-22-4-3-18(12-23(22)31)2-1-9-39-10-6-28(7-11-39)17-40(27(41)38-16-19-5-8-37-26(32)13-19)25-15-20(29(34,35)36)24(33)14-21(25)28/h1-5,8,12-15H,6-7,9-11,16-17H2,(H,38,41). The molecule has 0 unspecified atom stereocenters. The van der Waals surface area contributed by atoms with Crippen LogP contribution in [0.25, 0.3) is 6.08 Å². The van der Waals surface area contributed by atoms with E-state index >= 15 is 0 Å². The number of urea groups is 1. The molecule has 5 rings (SSSR count). The maximum atomic E-state index is 14.8. The van der Waals surface area contributed by atoms with Crippen molar-refractivity contribution in [1.29, 1.82) is 0 Å². The summed E-state index contributed by atoms with van der Waals surface area (Å²) in [5, 5.41) is 3.95. The van der Waals surface area contributed by atoms with Crippen LogP contribution in [0.1, 0.15) is 35.1 Å². The maximum absolute atomic E-state index is 14.8. The number of carbonyl (C=O) groups excluding carboxylic acids is 1. The monoisotopic (exact) mass is 626 g/mol. The topological polar surface area (TPSA) is 48.5 Å². The molecule has 2 amide bonds. The molecular weight excluding hydrogens is 603 g/mol. The quantitative estimate of drug-likeness (QED) is 0.231. The first kappa shape index (κ1) is 29.6. The van der Waals surface area contributed by atoms with Crippen LogP contribution in [0.2, 0.25) is 15.2 Å². The van der Waals surface area contributed by atoms with Gasteiger partial charge >= 0.3 is 12.2 Å². The Morgan fingerprint density at radius 1 is 1.05 bits per heavy atom. The third kappa shape index (κ3) is 6.48. The number of carbonyl (C=O) groups is 1. The molecule has 0 atom stereocenters. The lowest BCUT2D eigenvalue weighted by atomic mass is 9.74. The Balaban J connectivity index is 1.33. The van der Waals surface area contributed by atoms with Crippen LogP contribution in [-0.4, -0.2) is 42.1 Å². The van der Waals surface area contributed by atoms with Gasteiger partial charge in [0.25, 0.3) is 0 Å². The number of benzene rings is 2. The van der Waals surface area contributed by atoms with Crippen LogP contribution in [0.5, 0.6) is 0 Å². The van der Waals surface area contributed by atoms with Crippen LogP contribution in [0.15, 0.2) is 54.7 Å². The molecule has 0 radical (unpaired) electrons. The van der Waals surface area contributed by atoms with E-state index in [-0.39, 0.29) is 23.9 Å². The molecule has 2 aliphatic rings. The third-order valence-corrected chi connectivity index (χ3v) is 8.57. The van der Waals surface area contributed by atoms with Crippen molar-refractivity contribution < 1.29 is 22.4 Å². The highest BCUT2D eigenvalue weighted by atomic mass is 35.5. The van der Waals surface area contributed by atoms with Crippen LogP contribution in [0.3, 0.4) is 0 Å².